The van der Waals surface area contributed by atoms with E-state index in [-0.39, 0.29) is 0 Å². The summed E-state index contributed by atoms with van der Waals surface area (Å²) < 4.78 is 9.98. The van der Waals surface area contributed by atoms with Crippen molar-refractivity contribution in [2.45, 2.75) is 6.92 Å². The smallest absolute Gasteiger partial charge is 0.118 e. The molecule has 0 aliphatic carbocycles. The Balaban J connectivity index is 0.000000162. The fourth-order valence-electron chi connectivity index (χ4n) is 1.19. The highest BCUT2D eigenvalue weighted by atomic mass is 16.5. The van der Waals surface area contributed by atoms with Gasteiger partial charge in [0.1, 0.15) is 5.75 Å². The van der Waals surface area contributed by atoms with E-state index in [0.29, 0.717) is 0 Å². The number of hydrogen-bond acceptors (Lipinski definition) is 3. The van der Waals surface area contributed by atoms with E-state index in [1.54, 1.807) is 7.11 Å². The lowest BCUT2D eigenvalue weighted by Gasteiger charge is -2.10. The topological polar surface area (TPSA) is 30.5 Å². The van der Waals surface area contributed by atoms with E-state index in [9.17, 15) is 0 Å². The zero-order valence-electron chi connectivity index (χ0n) is 9.45. The molecule has 0 unspecified atom stereocenters. The minimum absolute atomic E-state index is 0.889. The maximum Gasteiger partial charge on any atom is 0.118 e. The summed E-state index contributed by atoms with van der Waals surface area (Å²) >= 11 is 0. The predicted octanol–water partition coefficient (Wildman–Crippen LogP) is 1.61. The van der Waals surface area contributed by atoms with Gasteiger partial charge in [0.05, 0.1) is 20.3 Å². The van der Waals surface area contributed by atoms with Gasteiger partial charge in [-0.1, -0.05) is 17.7 Å². The second kappa shape index (κ2) is 7.26. The molecule has 3 nitrogen and oxygen atoms in total. The molecule has 0 spiro atoms. The van der Waals surface area contributed by atoms with Crippen LogP contribution in [0.1, 0.15) is 5.56 Å². The zero-order valence-corrected chi connectivity index (χ0v) is 9.45. The van der Waals surface area contributed by atoms with Crippen LogP contribution in [-0.4, -0.2) is 33.4 Å². The van der Waals surface area contributed by atoms with Gasteiger partial charge in [-0.25, -0.2) is 0 Å². The summed E-state index contributed by atoms with van der Waals surface area (Å²) in [6.07, 6.45) is 0. The van der Waals surface area contributed by atoms with Crippen LogP contribution in [0.5, 0.6) is 5.75 Å². The summed E-state index contributed by atoms with van der Waals surface area (Å²) in [5.41, 5.74) is 1.26. The van der Waals surface area contributed by atoms with Gasteiger partial charge in [-0.15, -0.1) is 0 Å². The number of morpholine rings is 1. The Bertz CT molecular complexity index is 243. The van der Waals surface area contributed by atoms with Crippen LogP contribution < -0.4 is 10.1 Å². The lowest BCUT2D eigenvalue weighted by atomic mass is 10.2. The maximum atomic E-state index is 5.01. The Morgan fingerprint density at radius 3 is 2.07 bits per heavy atom. The normalized spacial score (nSPS) is 15.1. The molecule has 84 valence electrons. The Labute approximate surface area is 91.4 Å². The molecular weight excluding hydrogens is 190 g/mol. The monoisotopic (exact) mass is 209 g/mol. The summed E-state index contributed by atoms with van der Waals surface area (Å²) in [6.45, 7) is 5.89. The molecule has 1 aliphatic rings. The van der Waals surface area contributed by atoms with Crippen molar-refractivity contribution in [1.29, 1.82) is 0 Å². The van der Waals surface area contributed by atoms with E-state index in [1.165, 1.54) is 5.56 Å². The second-order valence-corrected chi connectivity index (χ2v) is 3.38. The molecule has 2 rings (SSSR count). The van der Waals surface area contributed by atoms with Crippen LogP contribution in [0.4, 0.5) is 0 Å². The van der Waals surface area contributed by atoms with Gasteiger partial charge in [-0.05, 0) is 19.1 Å². The molecule has 0 aromatic heterocycles. The maximum absolute atomic E-state index is 5.01. The number of benzene rings is 1. The third-order valence-corrected chi connectivity index (χ3v) is 2.10. The molecule has 0 bridgehead atoms. The molecule has 1 N–H and O–H groups in total. The quantitative estimate of drug-likeness (QED) is 0.762. The summed E-state index contributed by atoms with van der Waals surface area (Å²) in [5, 5.41) is 3.16. The zero-order chi connectivity index (χ0) is 10.9. The Morgan fingerprint density at radius 2 is 1.73 bits per heavy atom. The van der Waals surface area contributed by atoms with Crippen LogP contribution in [-0.2, 0) is 4.74 Å². The lowest BCUT2D eigenvalue weighted by molar-refractivity contribution is 0.109. The van der Waals surface area contributed by atoms with E-state index in [1.807, 2.05) is 24.3 Å². The molecule has 1 aromatic rings. The summed E-state index contributed by atoms with van der Waals surface area (Å²) in [7, 11) is 1.67. The van der Waals surface area contributed by atoms with E-state index in [2.05, 4.69) is 12.2 Å². The Kier molecular flexibility index (Phi) is 5.81. The Morgan fingerprint density at radius 1 is 1.13 bits per heavy atom. The van der Waals surface area contributed by atoms with Crippen molar-refractivity contribution in [1.82, 2.24) is 5.32 Å². The first-order valence-electron chi connectivity index (χ1n) is 5.22. The van der Waals surface area contributed by atoms with Gasteiger partial charge in [-0.3, -0.25) is 0 Å². The van der Waals surface area contributed by atoms with Crippen LogP contribution in [0.2, 0.25) is 0 Å². The number of aryl methyl sites for hydroxylation is 1. The lowest BCUT2D eigenvalue weighted by Crippen LogP contribution is -2.30. The first-order chi connectivity index (χ1) is 7.33. The number of hydrogen-bond donors (Lipinski definition) is 1. The van der Waals surface area contributed by atoms with Gasteiger partial charge >= 0.3 is 0 Å². The Hall–Kier alpha value is -1.06. The van der Waals surface area contributed by atoms with Crippen molar-refractivity contribution in [3.63, 3.8) is 0 Å². The minimum atomic E-state index is 0.889. The van der Waals surface area contributed by atoms with Crippen molar-refractivity contribution < 1.29 is 9.47 Å². The first-order valence-corrected chi connectivity index (χ1v) is 5.22. The molecular formula is C12H19NO2. The number of nitrogens with one attached hydrogen (secondary N) is 1. The highest BCUT2D eigenvalue weighted by molar-refractivity contribution is 5.25. The van der Waals surface area contributed by atoms with Crippen molar-refractivity contribution in [3.8, 4) is 5.75 Å². The molecule has 1 aliphatic heterocycles. The average molecular weight is 209 g/mol. The largest absolute Gasteiger partial charge is 0.497 e. The predicted molar refractivity (Wildman–Crippen MR) is 61.4 cm³/mol. The van der Waals surface area contributed by atoms with Gasteiger partial charge in [0.2, 0.25) is 0 Å². The van der Waals surface area contributed by atoms with Crippen LogP contribution in [0.25, 0.3) is 0 Å². The van der Waals surface area contributed by atoms with Crippen LogP contribution in [0.15, 0.2) is 24.3 Å². The first kappa shape index (κ1) is 12.0. The third-order valence-electron chi connectivity index (χ3n) is 2.10. The molecule has 0 amide bonds. The fourth-order valence-corrected chi connectivity index (χ4v) is 1.19. The van der Waals surface area contributed by atoms with Gasteiger partial charge < -0.3 is 14.8 Å². The number of methoxy groups -OCH3 is 1. The van der Waals surface area contributed by atoms with Crippen LogP contribution in [0, 0.1) is 6.92 Å². The molecule has 1 aromatic carbocycles. The van der Waals surface area contributed by atoms with E-state index >= 15 is 0 Å². The average Bonchev–Trinajstić information content (AvgIpc) is 2.33. The van der Waals surface area contributed by atoms with E-state index < -0.39 is 0 Å². The van der Waals surface area contributed by atoms with Gasteiger partial charge in [0, 0.05) is 13.1 Å². The minimum Gasteiger partial charge on any atom is -0.497 e. The second-order valence-electron chi connectivity index (χ2n) is 3.38. The molecule has 3 heteroatoms. The van der Waals surface area contributed by atoms with Gasteiger partial charge in [-0.2, -0.15) is 0 Å². The summed E-state index contributed by atoms with van der Waals surface area (Å²) in [5.74, 6) is 0.917. The molecule has 0 atom stereocenters. The highest BCUT2D eigenvalue weighted by Crippen LogP contribution is 2.09. The van der Waals surface area contributed by atoms with Gasteiger partial charge in [0.25, 0.3) is 0 Å². The standard InChI is InChI=1S/C8H10O.C4H9NO/c1-7-3-5-8(9-2)6-4-7;1-3-6-4-2-5-1/h3-6H,1-2H3;5H,1-4H2. The molecule has 0 saturated carbocycles. The third kappa shape index (κ3) is 5.40. The SMILES string of the molecule is C1COCCN1.COc1ccc(C)cc1. The van der Waals surface area contributed by atoms with Crippen molar-refractivity contribution >= 4 is 0 Å². The van der Waals surface area contributed by atoms with Crippen LogP contribution >= 0.6 is 0 Å². The molecule has 1 fully saturated rings. The molecule has 15 heavy (non-hydrogen) atoms. The molecule has 1 heterocycles. The van der Waals surface area contributed by atoms with Gasteiger partial charge in [0.15, 0.2) is 0 Å². The molecule has 1 saturated heterocycles. The van der Waals surface area contributed by atoms with E-state index in [4.69, 9.17) is 9.47 Å². The number of ether oxygens (including phenoxy) is 2. The van der Waals surface area contributed by atoms with Crippen molar-refractivity contribution in [2.24, 2.45) is 0 Å². The summed E-state index contributed by atoms with van der Waals surface area (Å²) in [4.78, 5) is 0. The van der Waals surface area contributed by atoms with Crippen molar-refractivity contribution in [3.05, 3.63) is 29.8 Å². The van der Waals surface area contributed by atoms with E-state index in [0.717, 1.165) is 32.1 Å². The van der Waals surface area contributed by atoms with Crippen molar-refractivity contribution in [2.75, 3.05) is 33.4 Å². The summed E-state index contributed by atoms with van der Waals surface area (Å²) in [6, 6.07) is 7.96. The number of rotatable bonds is 1. The fraction of sp³-hybridized carbons (Fsp3) is 0.500. The highest BCUT2D eigenvalue weighted by Gasteiger charge is 1.93. The molecule has 0 radical (unpaired) electrons. The van der Waals surface area contributed by atoms with Crippen LogP contribution in [0.3, 0.4) is 0 Å².